The van der Waals surface area contributed by atoms with Gasteiger partial charge in [0, 0.05) is 11.4 Å². The zero-order chi connectivity index (χ0) is 16.1. The van der Waals surface area contributed by atoms with Crippen LogP contribution < -0.4 is 10.6 Å². The van der Waals surface area contributed by atoms with Gasteiger partial charge in [-0.2, -0.15) is 0 Å². The lowest BCUT2D eigenvalue weighted by molar-refractivity contribution is 0.102. The minimum absolute atomic E-state index is 0.284. The predicted molar refractivity (Wildman–Crippen MR) is 88.3 cm³/mol. The molecule has 3 aromatic rings. The standard InChI is InChI=1S/C18H14FN3O/c19-13-5-4-8-15(11-13)21-16-9-10-17(20-12-16)18(23)22-14-6-2-1-3-7-14/h1-12,21H,(H,22,23). The lowest BCUT2D eigenvalue weighted by Gasteiger charge is -2.07. The van der Waals surface area contributed by atoms with Crippen LogP contribution in [0.2, 0.25) is 0 Å². The average molecular weight is 307 g/mol. The Hall–Kier alpha value is -3.21. The zero-order valence-electron chi connectivity index (χ0n) is 12.2. The molecule has 4 nitrogen and oxygen atoms in total. The van der Waals surface area contributed by atoms with Crippen molar-refractivity contribution in [2.24, 2.45) is 0 Å². The largest absolute Gasteiger partial charge is 0.354 e. The summed E-state index contributed by atoms with van der Waals surface area (Å²) in [5.74, 6) is -0.602. The molecular weight excluding hydrogens is 293 g/mol. The van der Waals surface area contributed by atoms with Crippen LogP contribution in [0.3, 0.4) is 0 Å². The van der Waals surface area contributed by atoms with Gasteiger partial charge in [0.15, 0.2) is 0 Å². The van der Waals surface area contributed by atoms with E-state index in [2.05, 4.69) is 15.6 Å². The number of rotatable bonds is 4. The lowest BCUT2D eigenvalue weighted by atomic mass is 10.2. The van der Waals surface area contributed by atoms with Gasteiger partial charge in [-0.15, -0.1) is 0 Å². The summed E-state index contributed by atoms with van der Waals surface area (Å²) in [7, 11) is 0. The Bertz CT molecular complexity index is 804. The molecule has 5 heteroatoms. The first kappa shape index (κ1) is 14.7. The molecule has 0 aliphatic rings. The molecule has 0 unspecified atom stereocenters. The Balaban J connectivity index is 1.68. The lowest BCUT2D eigenvalue weighted by Crippen LogP contribution is -2.13. The van der Waals surface area contributed by atoms with E-state index < -0.39 is 0 Å². The minimum Gasteiger partial charge on any atom is -0.354 e. The summed E-state index contributed by atoms with van der Waals surface area (Å²) in [6.07, 6.45) is 1.53. The van der Waals surface area contributed by atoms with Crippen molar-refractivity contribution in [2.45, 2.75) is 0 Å². The van der Waals surface area contributed by atoms with Crippen molar-refractivity contribution in [3.8, 4) is 0 Å². The van der Waals surface area contributed by atoms with Crippen LogP contribution in [0.4, 0.5) is 21.5 Å². The molecule has 2 aromatic carbocycles. The van der Waals surface area contributed by atoms with E-state index in [4.69, 9.17) is 0 Å². The maximum Gasteiger partial charge on any atom is 0.274 e. The van der Waals surface area contributed by atoms with Gasteiger partial charge in [-0.05, 0) is 42.5 Å². The number of halogens is 1. The quantitative estimate of drug-likeness (QED) is 0.759. The van der Waals surface area contributed by atoms with Gasteiger partial charge < -0.3 is 10.6 Å². The normalized spacial score (nSPS) is 10.1. The molecule has 0 saturated heterocycles. The summed E-state index contributed by atoms with van der Waals surface area (Å²) in [6.45, 7) is 0. The Labute approximate surface area is 133 Å². The molecule has 0 aliphatic carbocycles. The van der Waals surface area contributed by atoms with Crippen LogP contribution in [0, 0.1) is 5.82 Å². The highest BCUT2D eigenvalue weighted by atomic mass is 19.1. The number of benzene rings is 2. The summed E-state index contributed by atoms with van der Waals surface area (Å²) in [5.41, 5.74) is 2.31. The molecule has 0 spiro atoms. The molecule has 0 atom stereocenters. The fourth-order valence-electron chi connectivity index (χ4n) is 2.05. The first-order chi connectivity index (χ1) is 11.2. The molecule has 3 rings (SSSR count). The molecular formula is C18H14FN3O. The van der Waals surface area contributed by atoms with Gasteiger partial charge in [0.2, 0.25) is 0 Å². The van der Waals surface area contributed by atoms with Crippen molar-refractivity contribution in [3.05, 3.63) is 84.4 Å². The molecule has 0 fully saturated rings. The van der Waals surface area contributed by atoms with E-state index in [9.17, 15) is 9.18 Å². The smallest absolute Gasteiger partial charge is 0.274 e. The number of hydrogen-bond acceptors (Lipinski definition) is 3. The Kier molecular flexibility index (Phi) is 4.29. The summed E-state index contributed by atoms with van der Waals surface area (Å²) in [5, 5.41) is 5.79. The number of pyridine rings is 1. The Morgan fingerprint density at radius 3 is 2.35 bits per heavy atom. The van der Waals surface area contributed by atoms with Gasteiger partial charge in [0.05, 0.1) is 11.9 Å². The van der Waals surface area contributed by atoms with Crippen LogP contribution in [0.15, 0.2) is 72.9 Å². The van der Waals surface area contributed by atoms with Gasteiger partial charge in [-0.3, -0.25) is 4.79 Å². The second-order valence-electron chi connectivity index (χ2n) is 4.89. The summed E-state index contributed by atoms with van der Waals surface area (Å²) >= 11 is 0. The third kappa shape index (κ3) is 3.91. The fraction of sp³-hybridized carbons (Fsp3) is 0. The molecule has 1 amide bonds. The maximum atomic E-state index is 13.1. The van der Waals surface area contributed by atoms with Gasteiger partial charge in [0.25, 0.3) is 5.91 Å². The minimum atomic E-state index is -0.318. The monoisotopic (exact) mass is 307 g/mol. The molecule has 23 heavy (non-hydrogen) atoms. The molecule has 2 N–H and O–H groups in total. The highest BCUT2D eigenvalue weighted by Gasteiger charge is 2.07. The van der Waals surface area contributed by atoms with Gasteiger partial charge in [-0.1, -0.05) is 24.3 Å². The third-order valence-corrected chi connectivity index (χ3v) is 3.14. The number of aromatic nitrogens is 1. The van der Waals surface area contributed by atoms with E-state index in [0.29, 0.717) is 22.8 Å². The van der Waals surface area contributed by atoms with Crippen LogP contribution >= 0.6 is 0 Å². The first-order valence-electron chi connectivity index (χ1n) is 7.06. The molecule has 0 aliphatic heterocycles. The van der Waals surface area contributed by atoms with Crippen LogP contribution in [0.1, 0.15) is 10.5 Å². The van der Waals surface area contributed by atoms with Gasteiger partial charge >= 0.3 is 0 Å². The summed E-state index contributed by atoms with van der Waals surface area (Å²) in [6, 6.07) is 18.6. The van der Waals surface area contributed by atoms with E-state index in [1.807, 2.05) is 18.2 Å². The first-order valence-corrected chi connectivity index (χ1v) is 7.06. The van der Waals surface area contributed by atoms with Crippen LogP contribution in [0.25, 0.3) is 0 Å². The van der Waals surface area contributed by atoms with Crippen LogP contribution in [0.5, 0.6) is 0 Å². The second-order valence-corrected chi connectivity index (χ2v) is 4.89. The molecule has 1 heterocycles. The van der Waals surface area contributed by atoms with E-state index in [1.54, 1.807) is 36.4 Å². The highest BCUT2D eigenvalue weighted by Crippen LogP contribution is 2.17. The maximum absolute atomic E-state index is 13.1. The van der Waals surface area contributed by atoms with Gasteiger partial charge in [0.1, 0.15) is 11.5 Å². The van der Waals surface area contributed by atoms with Crippen molar-refractivity contribution in [1.29, 1.82) is 0 Å². The number of para-hydroxylation sites is 1. The molecule has 1 aromatic heterocycles. The summed E-state index contributed by atoms with van der Waals surface area (Å²) < 4.78 is 13.1. The molecule has 0 bridgehead atoms. The highest BCUT2D eigenvalue weighted by molar-refractivity contribution is 6.02. The average Bonchev–Trinajstić information content (AvgIpc) is 2.56. The molecule has 0 saturated carbocycles. The topological polar surface area (TPSA) is 54.0 Å². The third-order valence-electron chi connectivity index (χ3n) is 3.14. The number of nitrogens with one attached hydrogen (secondary N) is 2. The van der Waals surface area contributed by atoms with Crippen molar-refractivity contribution >= 4 is 23.0 Å². The number of hydrogen-bond donors (Lipinski definition) is 2. The Morgan fingerprint density at radius 2 is 1.65 bits per heavy atom. The summed E-state index contributed by atoms with van der Waals surface area (Å²) in [4.78, 5) is 16.2. The number of nitrogens with zero attached hydrogens (tertiary/aromatic N) is 1. The number of amides is 1. The number of anilines is 3. The van der Waals surface area contributed by atoms with E-state index in [0.717, 1.165) is 0 Å². The zero-order valence-corrected chi connectivity index (χ0v) is 12.2. The predicted octanol–water partition coefficient (Wildman–Crippen LogP) is 4.22. The van der Waals surface area contributed by atoms with E-state index in [-0.39, 0.29) is 11.7 Å². The number of carbonyl (C=O) groups excluding carboxylic acids is 1. The van der Waals surface area contributed by atoms with Crippen molar-refractivity contribution < 1.29 is 9.18 Å². The fourth-order valence-corrected chi connectivity index (χ4v) is 2.05. The van der Waals surface area contributed by atoms with Crippen molar-refractivity contribution in [1.82, 2.24) is 4.98 Å². The SMILES string of the molecule is O=C(Nc1ccccc1)c1ccc(Nc2cccc(F)c2)cn1. The van der Waals surface area contributed by atoms with E-state index in [1.165, 1.54) is 18.3 Å². The molecule has 114 valence electrons. The van der Waals surface area contributed by atoms with Crippen LogP contribution in [-0.4, -0.2) is 10.9 Å². The van der Waals surface area contributed by atoms with Gasteiger partial charge in [-0.25, -0.2) is 9.37 Å². The van der Waals surface area contributed by atoms with Crippen LogP contribution in [-0.2, 0) is 0 Å². The van der Waals surface area contributed by atoms with Crippen molar-refractivity contribution in [2.75, 3.05) is 10.6 Å². The molecule has 0 radical (unpaired) electrons. The number of carbonyl (C=O) groups is 1. The van der Waals surface area contributed by atoms with Crippen molar-refractivity contribution in [3.63, 3.8) is 0 Å². The second kappa shape index (κ2) is 6.70. The Morgan fingerprint density at radius 1 is 0.870 bits per heavy atom. The van der Waals surface area contributed by atoms with E-state index >= 15 is 0 Å².